The Morgan fingerprint density at radius 3 is 2.55 bits per heavy atom. The molecule has 116 valence electrons. The van der Waals surface area contributed by atoms with Gasteiger partial charge in [-0.25, -0.2) is 0 Å². The molecule has 1 fully saturated rings. The molecule has 2 unspecified atom stereocenters. The Labute approximate surface area is 137 Å². The van der Waals surface area contributed by atoms with Crippen LogP contribution in [0.15, 0.2) is 48.5 Å². The van der Waals surface area contributed by atoms with Gasteiger partial charge in [-0.2, -0.15) is 0 Å². The van der Waals surface area contributed by atoms with Gasteiger partial charge in [0.2, 0.25) is 0 Å². The van der Waals surface area contributed by atoms with Gasteiger partial charge in [0.1, 0.15) is 5.75 Å². The average Bonchev–Trinajstić information content (AvgIpc) is 3.07. The second-order valence-electron chi connectivity index (χ2n) is 6.54. The molecule has 0 bridgehead atoms. The van der Waals surface area contributed by atoms with E-state index in [0.29, 0.717) is 17.3 Å². The number of anilines is 1. The first-order valence-electron chi connectivity index (χ1n) is 7.66. The fraction of sp³-hybridized carbons (Fsp3) is 0.368. The molecule has 3 heteroatoms. The fourth-order valence-corrected chi connectivity index (χ4v) is 3.66. The van der Waals surface area contributed by atoms with Crippen LogP contribution in [0.5, 0.6) is 5.75 Å². The maximum Gasteiger partial charge on any atom is 0.142 e. The van der Waals surface area contributed by atoms with Gasteiger partial charge < -0.3 is 10.1 Å². The fourth-order valence-electron chi connectivity index (χ4n) is 3.49. The molecule has 2 nitrogen and oxygen atoms in total. The molecule has 2 aromatic carbocycles. The molecule has 3 rings (SSSR count). The van der Waals surface area contributed by atoms with E-state index in [2.05, 4.69) is 49.5 Å². The minimum Gasteiger partial charge on any atom is -0.495 e. The third-order valence-electron chi connectivity index (χ3n) is 4.88. The summed E-state index contributed by atoms with van der Waals surface area (Å²) in [6.45, 7) is 5.60. The number of hydrogen-bond acceptors (Lipinski definition) is 2. The van der Waals surface area contributed by atoms with E-state index in [1.165, 1.54) is 5.56 Å². The number of ether oxygens (including phenoxy) is 1. The Bertz CT molecular complexity index is 654. The van der Waals surface area contributed by atoms with E-state index in [0.717, 1.165) is 23.0 Å². The molecule has 1 aliphatic carbocycles. The smallest absolute Gasteiger partial charge is 0.142 e. The lowest BCUT2D eigenvalue weighted by atomic mass is 10.0. The molecular weight excluding hydrogens is 294 g/mol. The van der Waals surface area contributed by atoms with E-state index in [4.69, 9.17) is 16.3 Å². The highest BCUT2D eigenvalue weighted by atomic mass is 35.5. The molecule has 0 spiro atoms. The van der Waals surface area contributed by atoms with E-state index in [9.17, 15) is 0 Å². The lowest BCUT2D eigenvalue weighted by Gasteiger charge is -2.12. The quantitative estimate of drug-likeness (QED) is 0.818. The Balaban J connectivity index is 1.71. The number of rotatable bonds is 5. The minimum absolute atomic E-state index is 0.320. The van der Waals surface area contributed by atoms with E-state index in [-0.39, 0.29) is 0 Å². The van der Waals surface area contributed by atoms with Crippen LogP contribution in [0, 0.1) is 11.3 Å². The van der Waals surface area contributed by atoms with Crippen LogP contribution in [0.4, 0.5) is 5.69 Å². The SMILES string of the molecule is COc1ccc(Cl)cc1NCC1C(c2ccccc2)C1(C)C. The first-order valence-corrected chi connectivity index (χ1v) is 8.04. The zero-order valence-electron chi connectivity index (χ0n) is 13.3. The van der Waals surface area contributed by atoms with E-state index < -0.39 is 0 Å². The van der Waals surface area contributed by atoms with Crippen molar-refractivity contribution >= 4 is 17.3 Å². The summed E-state index contributed by atoms with van der Waals surface area (Å²) in [5, 5.41) is 4.23. The van der Waals surface area contributed by atoms with Crippen molar-refractivity contribution in [2.75, 3.05) is 19.0 Å². The summed E-state index contributed by atoms with van der Waals surface area (Å²) in [7, 11) is 1.68. The lowest BCUT2D eigenvalue weighted by molar-refractivity contribution is 0.416. The lowest BCUT2D eigenvalue weighted by Crippen LogP contribution is -2.08. The summed E-state index contributed by atoms with van der Waals surface area (Å²) < 4.78 is 5.40. The van der Waals surface area contributed by atoms with Gasteiger partial charge in [-0.15, -0.1) is 0 Å². The largest absolute Gasteiger partial charge is 0.495 e. The third kappa shape index (κ3) is 2.80. The zero-order chi connectivity index (χ0) is 15.7. The molecule has 2 aromatic rings. The van der Waals surface area contributed by atoms with Crippen molar-refractivity contribution in [3.05, 3.63) is 59.1 Å². The predicted molar refractivity (Wildman–Crippen MR) is 92.9 cm³/mol. The number of halogens is 1. The molecule has 0 saturated heterocycles. The van der Waals surface area contributed by atoms with Crippen molar-refractivity contribution < 1.29 is 4.74 Å². The standard InChI is InChI=1S/C19H22ClNO/c1-19(2)15(18(19)13-7-5-4-6-8-13)12-21-16-11-14(20)9-10-17(16)22-3/h4-11,15,18,21H,12H2,1-3H3. The van der Waals surface area contributed by atoms with Gasteiger partial charge >= 0.3 is 0 Å². The normalized spacial score (nSPS) is 22.2. The number of hydrogen-bond donors (Lipinski definition) is 1. The van der Waals surface area contributed by atoms with Crippen LogP contribution in [-0.4, -0.2) is 13.7 Å². The van der Waals surface area contributed by atoms with Crippen LogP contribution < -0.4 is 10.1 Å². The summed E-state index contributed by atoms with van der Waals surface area (Å²) in [5.74, 6) is 2.05. The maximum absolute atomic E-state index is 6.09. The maximum atomic E-state index is 6.09. The second-order valence-corrected chi connectivity index (χ2v) is 6.98. The zero-order valence-corrected chi connectivity index (χ0v) is 14.0. The topological polar surface area (TPSA) is 21.3 Å². The molecule has 0 amide bonds. The van der Waals surface area contributed by atoms with Crippen LogP contribution in [0.1, 0.15) is 25.3 Å². The van der Waals surface area contributed by atoms with E-state index in [1.807, 2.05) is 18.2 Å². The number of nitrogens with one attached hydrogen (secondary N) is 1. The Kier molecular flexibility index (Phi) is 4.05. The average molecular weight is 316 g/mol. The van der Waals surface area contributed by atoms with Crippen LogP contribution in [0.2, 0.25) is 5.02 Å². The van der Waals surface area contributed by atoms with Crippen LogP contribution in [0.3, 0.4) is 0 Å². The molecule has 22 heavy (non-hydrogen) atoms. The Hall–Kier alpha value is -1.67. The molecule has 0 aromatic heterocycles. The van der Waals surface area contributed by atoms with E-state index >= 15 is 0 Å². The molecular formula is C19H22ClNO. The summed E-state index contributed by atoms with van der Waals surface area (Å²) in [4.78, 5) is 0. The van der Waals surface area contributed by atoms with Crippen molar-refractivity contribution in [3.8, 4) is 5.75 Å². The van der Waals surface area contributed by atoms with Gasteiger partial charge in [-0.3, -0.25) is 0 Å². The monoisotopic (exact) mass is 315 g/mol. The predicted octanol–water partition coefficient (Wildman–Crippen LogP) is 5.20. The van der Waals surface area contributed by atoms with Crippen molar-refractivity contribution in [1.82, 2.24) is 0 Å². The van der Waals surface area contributed by atoms with Gasteiger partial charge in [-0.1, -0.05) is 55.8 Å². The second kappa shape index (κ2) is 5.85. The van der Waals surface area contributed by atoms with Crippen LogP contribution in [0.25, 0.3) is 0 Å². The third-order valence-corrected chi connectivity index (χ3v) is 5.12. The highest BCUT2D eigenvalue weighted by Crippen LogP contribution is 2.64. The molecule has 2 atom stereocenters. The molecule has 1 N–H and O–H groups in total. The van der Waals surface area contributed by atoms with Gasteiger partial charge in [0.15, 0.2) is 0 Å². The number of methoxy groups -OCH3 is 1. The van der Waals surface area contributed by atoms with E-state index in [1.54, 1.807) is 7.11 Å². The Morgan fingerprint density at radius 1 is 1.14 bits per heavy atom. The number of benzene rings is 2. The first kappa shape index (κ1) is 15.2. The van der Waals surface area contributed by atoms with Crippen molar-refractivity contribution in [2.24, 2.45) is 11.3 Å². The van der Waals surface area contributed by atoms with Crippen molar-refractivity contribution in [3.63, 3.8) is 0 Å². The molecule has 1 aliphatic rings. The first-order chi connectivity index (χ1) is 10.5. The summed E-state index contributed by atoms with van der Waals surface area (Å²) >= 11 is 6.09. The van der Waals surface area contributed by atoms with Gasteiger partial charge in [-0.05, 0) is 41.0 Å². The minimum atomic E-state index is 0.320. The summed E-state index contributed by atoms with van der Waals surface area (Å²) in [6.07, 6.45) is 0. The molecule has 0 aliphatic heterocycles. The summed E-state index contributed by atoms with van der Waals surface area (Å²) in [5.41, 5.74) is 2.71. The molecule has 1 saturated carbocycles. The van der Waals surface area contributed by atoms with Gasteiger partial charge in [0, 0.05) is 11.6 Å². The Morgan fingerprint density at radius 2 is 1.86 bits per heavy atom. The molecule has 0 heterocycles. The van der Waals surface area contributed by atoms with Crippen LogP contribution in [-0.2, 0) is 0 Å². The van der Waals surface area contributed by atoms with Crippen LogP contribution >= 0.6 is 11.6 Å². The summed E-state index contributed by atoms with van der Waals surface area (Å²) in [6, 6.07) is 16.4. The molecule has 0 radical (unpaired) electrons. The highest BCUT2D eigenvalue weighted by molar-refractivity contribution is 6.30. The van der Waals surface area contributed by atoms with Crippen molar-refractivity contribution in [2.45, 2.75) is 19.8 Å². The van der Waals surface area contributed by atoms with Gasteiger partial charge in [0.25, 0.3) is 0 Å². The van der Waals surface area contributed by atoms with Crippen molar-refractivity contribution in [1.29, 1.82) is 0 Å². The highest BCUT2D eigenvalue weighted by Gasteiger charge is 2.57. The van der Waals surface area contributed by atoms with Gasteiger partial charge in [0.05, 0.1) is 12.8 Å².